The van der Waals surface area contributed by atoms with E-state index in [9.17, 15) is 18.0 Å². The van der Waals surface area contributed by atoms with E-state index in [0.29, 0.717) is 32.0 Å². The second-order valence-electron chi connectivity index (χ2n) is 8.13. The number of carbonyl (C=O) groups is 1. The lowest BCUT2D eigenvalue weighted by atomic mass is 10.0. The van der Waals surface area contributed by atoms with E-state index in [0.717, 1.165) is 28.1 Å². The summed E-state index contributed by atoms with van der Waals surface area (Å²) in [4.78, 5) is 16.2. The van der Waals surface area contributed by atoms with Crippen LogP contribution < -0.4 is 4.90 Å². The average molecular weight is 462 g/mol. The predicted molar refractivity (Wildman–Crippen MR) is 125 cm³/mol. The first-order chi connectivity index (χ1) is 16.4. The quantitative estimate of drug-likeness (QED) is 0.416. The van der Waals surface area contributed by atoms with Crippen LogP contribution in [-0.4, -0.2) is 47.2 Å². The van der Waals surface area contributed by atoms with Crippen LogP contribution in [-0.2, 0) is 6.18 Å². The Morgan fingerprint density at radius 1 is 0.765 bits per heavy atom. The first kappa shape index (κ1) is 21.9. The number of piperazine rings is 1. The molecule has 3 aromatic carbocycles. The number of amides is 1. The average Bonchev–Trinajstić information content (AvgIpc) is 2.88. The number of fused-ring (bicyclic) bond motifs is 1. The van der Waals surface area contributed by atoms with E-state index in [4.69, 9.17) is 0 Å². The van der Waals surface area contributed by atoms with Crippen LogP contribution in [0.2, 0.25) is 0 Å². The highest BCUT2D eigenvalue weighted by Gasteiger charge is 2.36. The predicted octanol–water partition coefficient (Wildman–Crippen LogP) is 5.28. The van der Waals surface area contributed by atoms with E-state index >= 15 is 0 Å². The Morgan fingerprint density at radius 3 is 2.21 bits per heavy atom. The Morgan fingerprint density at radius 2 is 1.47 bits per heavy atom. The number of halogens is 3. The van der Waals surface area contributed by atoms with Crippen molar-refractivity contribution < 1.29 is 18.0 Å². The van der Waals surface area contributed by atoms with Crippen molar-refractivity contribution >= 4 is 22.5 Å². The number of aromatic nitrogens is 2. The van der Waals surface area contributed by atoms with Gasteiger partial charge in [-0.15, -0.1) is 10.2 Å². The van der Waals surface area contributed by atoms with Crippen molar-refractivity contribution in [2.75, 3.05) is 31.1 Å². The van der Waals surface area contributed by atoms with Gasteiger partial charge in [0.25, 0.3) is 5.91 Å². The SMILES string of the molecule is O=C(c1ccccc1C(F)(F)F)N1CCN(c2ccc(-c3cccc4ccccc34)nn2)CC1. The van der Waals surface area contributed by atoms with E-state index in [2.05, 4.69) is 22.3 Å². The zero-order valence-corrected chi connectivity index (χ0v) is 18.2. The minimum absolute atomic E-state index is 0.303. The molecule has 0 saturated carbocycles. The third kappa shape index (κ3) is 4.19. The van der Waals surface area contributed by atoms with Crippen LogP contribution in [0.4, 0.5) is 19.0 Å². The highest BCUT2D eigenvalue weighted by Crippen LogP contribution is 2.33. The minimum atomic E-state index is -4.57. The molecule has 4 aromatic rings. The van der Waals surface area contributed by atoms with Gasteiger partial charge in [-0.1, -0.05) is 54.6 Å². The van der Waals surface area contributed by atoms with Crippen LogP contribution >= 0.6 is 0 Å². The van der Waals surface area contributed by atoms with Gasteiger partial charge >= 0.3 is 6.18 Å². The summed E-state index contributed by atoms with van der Waals surface area (Å²) in [5, 5.41) is 11.0. The Balaban J connectivity index is 1.29. The van der Waals surface area contributed by atoms with Crippen LogP contribution in [0.3, 0.4) is 0 Å². The summed E-state index contributed by atoms with van der Waals surface area (Å²) >= 11 is 0. The molecule has 0 N–H and O–H groups in total. The second-order valence-corrected chi connectivity index (χ2v) is 8.13. The second kappa shape index (κ2) is 8.78. The van der Waals surface area contributed by atoms with E-state index in [1.165, 1.54) is 23.1 Å². The van der Waals surface area contributed by atoms with Crippen LogP contribution in [0, 0.1) is 0 Å². The highest BCUT2D eigenvalue weighted by molar-refractivity contribution is 5.96. The molecule has 0 bridgehead atoms. The summed E-state index contributed by atoms with van der Waals surface area (Å²) in [6.45, 7) is 1.53. The molecule has 0 atom stereocenters. The number of alkyl halides is 3. The van der Waals surface area contributed by atoms with Crippen molar-refractivity contribution in [1.29, 1.82) is 0 Å². The van der Waals surface area contributed by atoms with Crippen LogP contribution in [0.5, 0.6) is 0 Å². The molecule has 172 valence electrons. The van der Waals surface area contributed by atoms with Gasteiger partial charge in [-0.25, -0.2) is 0 Å². The lowest BCUT2D eigenvalue weighted by molar-refractivity contribution is -0.138. The lowest BCUT2D eigenvalue weighted by Crippen LogP contribution is -2.49. The number of nitrogens with zero attached hydrogens (tertiary/aromatic N) is 4. The molecule has 5 rings (SSSR count). The molecule has 5 nitrogen and oxygen atoms in total. The Labute approximate surface area is 194 Å². The first-order valence-corrected chi connectivity index (χ1v) is 10.9. The van der Waals surface area contributed by atoms with Gasteiger partial charge < -0.3 is 9.80 Å². The van der Waals surface area contributed by atoms with Crippen molar-refractivity contribution in [3.8, 4) is 11.3 Å². The molecule has 1 amide bonds. The zero-order valence-electron chi connectivity index (χ0n) is 18.2. The van der Waals surface area contributed by atoms with Gasteiger partial charge in [0.1, 0.15) is 0 Å². The van der Waals surface area contributed by atoms with Gasteiger partial charge in [-0.2, -0.15) is 13.2 Å². The van der Waals surface area contributed by atoms with Gasteiger partial charge in [0.05, 0.1) is 16.8 Å². The van der Waals surface area contributed by atoms with Crippen molar-refractivity contribution in [1.82, 2.24) is 15.1 Å². The summed E-state index contributed by atoms with van der Waals surface area (Å²) in [5.74, 6) is 0.0664. The van der Waals surface area contributed by atoms with Crippen LogP contribution in [0.1, 0.15) is 15.9 Å². The fourth-order valence-electron chi connectivity index (χ4n) is 4.31. The van der Waals surface area contributed by atoms with E-state index in [-0.39, 0.29) is 5.56 Å². The molecule has 34 heavy (non-hydrogen) atoms. The largest absolute Gasteiger partial charge is 0.417 e. The lowest BCUT2D eigenvalue weighted by Gasteiger charge is -2.35. The van der Waals surface area contributed by atoms with E-state index in [1.807, 2.05) is 47.4 Å². The number of carbonyl (C=O) groups excluding carboxylic acids is 1. The van der Waals surface area contributed by atoms with Crippen molar-refractivity contribution in [3.05, 3.63) is 90.0 Å². The fourth-order valence-corrected chi connectivity index (χ4v) is 4.31. The number of benzene rings is 3. The van der Waals surface area contributed by atoms with Crippen molar-refractivity contribution in [3.63, 3.8) is 0 Å². The number of hydrogen-bond acceptors (Lipinski definition) is 4. The summed E-state index contributed by atoms with van der Waals surface area (Å²) in [6, 6.07) is 22.8. The maximum absolute atomic E-state index is 13.3. The molecule has 1 aromatic heterocycles. The van der Waals surface area contributed by atoms with Gasteiger partial charge in [0.2, 0.25) is 0 Å². The number of rotatable bonds is 3. The van der Waals surface area contributed by atoms with Crippen LogP contribution in [0.15, 0.2) is 78.9 Å². The van der Waals surface area contributed by atoms with Gasteiger partial charge in [-0.3, -0.25) is 4.79 Å². The minimum Gasteiger partial charge on any atom is -0.352 e. The van der Waals surface area contributed by atoms with Crippen molar-refractivity contribution in [2.45, 2.75) is 6.18 Å². The smallest absolute Gasteiger partial charge is 0.352 e. The molecule has 0 unspecified atom stereocenters. The molecule has 0 spiro atoms. The number of hydrogen-bond donors (Lipinski definition) is 0. The summed E-state index contributed by atoms with van der Waals surface area (Å²) < 4.78 is 39.9. The Kier molecular flexibility index (Phi) is 5.65. The molecule has 0 aliphatic carbocycles. The summed E-state index contributed by atoms with van der Waals surface area (Å²) in [5.41, 5.74) is 0.536. The summed E-state index contributed by atoms with van der Waals surface area (Å²) in [6.07, 6.45) is -4.57. The fraction of sp³-hybridized carbons (Fsp3) is 0.192. The maximum atomic E-state index is 13.3. The topological polar surface area (TPSA) is 49.3 Å². The van der Waals surface area contributed by atoms with Gasteiger partial charge in [-0.05, 0) is 35.0 Å². The van der Waals surface area contributed by atoms with Gasteiger partial charge in [0.15, 0.2) is 5.82 Å². The summed E-state index contributed by atoms with van der Waals surface area (Å²) in [7, 11) is 0. The highest BCUT2D eigenvalue weighted by atomic mass is 19.4. The monoisotopic (exact) mass is 462 g/mol. The Bertz CT molecular complexity index is 1320. The molecule has 1 saturated heterocycles. The van der Waals surface area contributed by atoms with E-state index < -0.39 is 17.6 Å². The van der Waals surface area contributed by atoms with Crippen molar-refractivity contribution in [2.24, 2.45) is 0 Å². The molecule has 1 aliphatic rings. The molecule has 1 fully saturated rings. The molecule has 1 aliphatic heterocycles. The number of anilines is 1. The third-order valence-electron chi connectivity index (χ3n) is 6.07. The Hall–Kier alpha value is -3.94. The third-order valence-corrected chi connectivity index (χ3v) is 6.07. The molecular weight excluding hydrogens is 441 g/mol. The van der Waals surface area contributed by atoms with Gasteiger partial charge in [0, 0.05) is 31.7 Å². The molecular formula is C26H21F3N4O. The standard InChI is InChI=1S/C26H21F3N4O/c27-26(28,29)22-11-4-3-9-21(22)25(34)33-16-14-32(15-17-33)24-13-12-23(30-31-24)20-10-5-7-18-6-1-2-8-19(18)20/h1-13H,14-17H2. The zero-order chi connectivity index (χ0) is 23.7. The molecule has 0 radical (unpaired) electrons. The molecule has 8 heteroatoms. The van der Waals surface area contributed by atoms with E-state index in [1.54, 1.807) is 0 Å². The van der Waals surface area contributed by atoms with Crippen LogP contribution in [0.25, 0.3) is 22.0 Å². The maximum Gasteiger partial charge on any atom is 0.417 e. The molecule has 2 heterocycles. The normalized spacial score (nSPS) is 14.4. The first-order valence-electron chi connectivity index (χ1n) is 10.9.